The first-order chi connectivity index (χ1) is 17.6. The standard InChI is InChI=1S/C28H26N2O6/c1-3-33-28(31)25-11-9-21(15-27(25)36-19-32-2)30-18-20(17-29)24-12-10-23(16-26(24)30)35-14-13-34-22-7-5-4-6-8-22/h4-12,15-16,18H,3,13-14,19H2,1-2H3. The number of carbonyl (C=O) groups is 1. The van der Waals surface area contributed by atoms with Gasteiger partial charge < -0.3 is 28.3 Å². The lowest BCUT2D eigenvalue weighted by molar-refractivity contribution is 0.0438. The smallest absolute Gasteiger partial charge is 0.341 e. The summed E-state index contributed by atoms with van der Waals surface area (Å²) in [6.45, 7) is 2.70. The van der Waals surface area contributed by atoms with Gasteiger partial charge in [-0.3, -0.25) is 0 Å². The molecule has 0 saturated heterocycles. The van der Waals surface area contributed by atoms with Crippen LogP contribution in [0.5, 0.6) is 17.2 Å². The summed E-state index contributed by atoms with van der Waals surface area (Å²) in [5.41, 5.74) is 2.27. The number of ether oxygens (including phenoxy) is 5. The van der Waals surface area contributed by atoms with E-state index in [-0.39, 0.29) is 19.0 Å². The minimum atomic E-state index is -0.487. The Morgan fingerprint density at radius 3 is 2.44 bits per heavy atom. The number of methoxy groups -OCH3 is 1. The molecule has 0 aliphatic carbocycles. The zero-order valence-corrected chi connectivity index (χ0v) is 20.1. The van der Waals surface area contributed by atoms with Gasteiger partial charge in [-0.2, -0.15) is 5.26 Å². The van der Waals surface area contributed by atoms with Crippen molar-refractivity contribution in [3.05, 3.63) is 84.1 Å². The molecule has 0 bridgehead atoms. The van der Waals surface area contributed by atoms with E-state index in [0.717, 1.165) is 16.7 Å². The molecule has 36 heavy (non-hydrogen) atoms. The zero-order chi connectivity index (χ0) is 25.3. The van der Waals surface area contributed by atoms with Gasteiger partial charge in [-0.15, -0.1) is 0 Å². The highest BCUT2D eigenvalue weighted by Crippen LogP contribution is 2.31. The third-order valence-corrected chi connectivity index (χ3v) is 5.33. The molecule has 0 radical (unpaired) electrons. The van der Waals surface area contributed by atoms with E-state index in [2.05, 4.69) is 6.07 Å². The van der Waals surface area contributed by atoms with Crippen molar-refractivity contribution in [2.45, 2.75) is 6.92 Å². The third kappa shape index (κ3) is 5.59. The number of fused-ring (bicyclic) bond motifs is 1. The van der Waals surface area contributed by atoms with Crippen LogP contribution in [0.25, 0.3) is 16.6 Å². The molecule has 0 saturated carbocycles. The summed E-state index contributed by atoms with van der Waals surface area (Å²) in [5, 5.41) is 10.5. The minimum absolute atomic E-state index is 0.0330. The first kappa shape index (κ1) is 24.6. The van der Waals surface area contributed by atoms with Gasteiger partial charge in [-0.25, -0.2) is 4.79 Å². The van der Waals surface area contributed by atoms with E-state index in [4.69, 9.17) is 23.7 Å². The molecule has 0 fully saturated rings. The number of benzene rings is 3. The molecular weight excluding hydrogens is 460 g/mol. The van der Waals surface area contributed by atoms with Gasteiger partial charge in [0.1, 0.15) is 42.1 Å². The summed E-state index contributed by atoms with van der Waals surface area (Å²) in [7, 11) is 1.50. The molecule has 8 heteroatoms. The molecule has 0 spiro atoms. The number of nitriles is 1. The Morgan fingerprint density at radius 1 is 0.944 bits per heavy atom. The maximum atomic E-state index is 12.4. The molecule has 1 heterocycles. The molecule has 8 nitrogen and oxygen atoms in total. The Bertz CT molecular complexity index is 1370. The Balaban J connectivity index is 1.61. The van der Waals surface area contributed by atoms with Crippen molar-refractivity contribution < 1.29 is 28.5 Å². The monoisotopic (exact) mass is 486 g/mol. The molecule has 0 N–H and O–H groups in total. The van der Waals surface area contributed by atoms with Crippen LogP contribution in [0.1, 0.15) is 22.8 Å². The lowest BCUT2D eigenvalue weighted by atomic mass is 10.1. The lowest BCUT2D eigenvalue weighted by Gasteiger charge is -2.14. The van der Waals surface area contributed by atoms with Gasteiger partial charge in [-0.05, 0) is 43.3 Å². The van der Waals surface area contributed by atoms with Crippen LogP contribution in [0.3, 0.4) is 0 Å². The third-order valence-electron chi connectivity index (χ3n) is 5.33. The average molecular weight is 487 g/mol. The number of hydrogen-bond acceptors (Lipinski definition) is 7. The van der Waals surface area contributed by atoms with Gasteiger partial charge in [0.15, 0.2) is 6.79 Å². The second-order valence-electron chi connectivity index (χ2n) is 7.67. The second kappa shape index (κ2) is 11.8. The fraction of sp³-hybridized carbons (Fsp3) is 0.214. The number of hydrogen-bond donors (Lipinski definition) is 0. The van der Waals surface area contributed by atoms with E-state index in [1.54, 1.807) is 31.3 Å². The second-order valence-corrected chi connectivity index (χ2v) is 7.67. The van der Waals surface area contributed by atoms with Crippen LogP contribution in [-0.4, -0.2) is 44.3 Å². The summed E-state index contributed by atoms with van der Waals surface area (Å²) in [4.78, 5) is 12.4. The number of nitrogens with zero attached hydrogens (tertiary/aromatic N) is 2. The number of carbonyl (C=O) groups excluding carboxylic acids is 1. The van der Waals surface area contributed by atoms with E-state index in [1.165, 1.54) is 7.11 Å². The Labute approximate surface area is 209 Å². The zero-order valence-electron chi connectivity index (χ0n) is 20.1. The average Bonchev–Trinajstić information content (AvgIpc) is 3.28. The van der Waals surface area contributed by atoms with Crippen molar-refractivity contribution in [2.24, 2.45) is 0 Å². The molecule has 0 unspecified atom stereocenters. The van der Waals surface area contributed by atoms with E-state index in [0.29, 0.717) is 36.0 Å². The van der Waals surface area contributed by atoms with Crippen molar-refractivity contribution in [3.63, 3.8) is 0 Å². The molecule has 0 aliphatic rings. The number of esters is 1. The highest BCUT2D eigenvalue weighted by Gasteiger charge is 2.17. The topological polar surface area (TPSA) is 91.9 Å². The molecule has 0 amide bonds. The first-order valence-corrected chi connectivity index (χ1v) is 11.4. The van der Waals surface area contributed by atoms with Gasteiger partial charge in [0.25, 0.3) is 0 Å². The van der Waals surface area contributed by atoms with Crippen molar-refractivity contribution in [2.75, 3.05) is 33.7 Å². The molecule has 4 aromatic rings. The van der Waals surface area contributed by atoms with Crippen LogP contribution in [0.4, 0.5) is 0 Å². The maximum absolute atomic E-state index is 12.4. The van der Waals surface area contributed by atoms with Gasteiger partial charge >= 0.3 is 5.97 Å². The SMILES string of the molecule is CCOC(=O)c1ccc(-n2cc(C#N)c3ccc(OCCOc4ccccc4)cc32)cc1OCOC. The quantitative estimate of drug-likeness (QED) is 0.165. The Kier molecular flexibility index (Phi) is 8.06. The summed E-state index contributed by atoms with van der Waals surface area (Å²) in [6.07, 6.45) is 1.74. The molecule has 1 aromatic heterocycles. The summed E-state index contributed by atoms with van der Waals surface area (Å²) < 4.78 is 29.2. The van der Waals surface area contributed by atoms with Crippen LogP contribution in [0, 0.1) is 11.3 Å². The van der Waals surface area contributed by atoms with Gasteiger partial charge in [-0.1, -0.05) is 18.2 Å². The number of para-hydroxylation sites is 1. The van der Waals surface area contributed by atoms with Gasteiger partial charge in [0, 0.05) is 36.5 Å². The molecule has 0 aliphatic heterocycles. The Hall–Kier alpha value is -4.48. The van der Waals surface area contributed by atoms with Crippen LogP contribution < -0.4 is 14.2 Å². The van der Waals surface area contributed by atoms with Gasteiger partial charge in [0.2, 0.25) is 0 Å². The summed E-state index contributed by atoms with van der Waals surface area (Å²) >= 11 is 0. The fourth-order valence-electron chi connectivity index (χ4n) is 3.72. The van der Waals surface area contributed by atoms with E-state index >= 15 is 0 Å². The van der Waals surface area contributed by atoms with Crippen LogP contribution in [0.15, 0.2) is 72.9 Å². The minimum Gasteiger partial charge on any atom is -0.490 e. The van der Waals surface area contributed by atoms with Crippen molar-refractivity contribution in [1.82, 2.24) is 4.57 Å². The van der Waals surface area contributed by atoms with Crippen molar-refractivity contribution >= 4 is 16.9 Å². The highest BCUT2D eigenvalue weighted by molar-refractivity contribution is 5.93. The number of rotatable bonds is 11. The molecule has 184 valence electrons. The predicted molar refractivity (Wildman–Crippen MR) is 134 cm³/mol. The lowest BCUT2D eigenvalue weighted by Crippen LogP contribution is -2.10. The Morgan fingerprint density at radius 2 is 1.72 bits per heavy atom. The molecule has 3 aromatic carbocycles. The largest absolute Gasteiger partial charge is 0.490 e. The first-order valence-electron chi connectivity index (χ1n) is 11.4. The summed E-state index contributed by atoms with van der Waals surface area (Å²) in [6, 6.07) is 22.4. The van der Waals surface area contributed by atoms with Crippen molar-refractivity contribution in [3.8, 4) is 29.0 Å². The highest BCUT2D eigenvalue weighted by atomic mass is 16.7. The van der Waals surface area contributed by atoms with E-state index in [9.17, 15) is 10.1 Å². The molecule has 4 rings (SSSR count). The fourth-order valence-corrected chi connectivity index (χ4v) is 3.72. The van der Waals surface area contributed by atoms with Crippen LogP contribution in [-0.2, 0) is 9.47 Å². The number of aromatic nitrogens is 1. The van der Waals surface area contributed by atoms with Crippen LogP contribution in [0.2, 0.25) is 0 Å². The van der Waals surface area contributed by atoms with E-state index < -0.39 is 5.97 Å². The van der Waals surface area contributed by atoms with Crippen LogP contribution >= 0.6 is 0 Å². The molecular formula is C28H26N2O6. The predicted octanol–water partition coefficient (Wildman–Crippen LogP) is 5.12. The van der Waals surface area contributed by atoms with Crippen molar-refractivity contribution in [1.29, 1.82) is 5.26 Å². The summed E-state index contributed by atoms with van der Waals surface area (Å²) in [5.74, 6) is 1.25. The van der Waals surface area contributed by atoms with Gasteiger partial charge in [0.05, 0.1) is 17.7 Å². The van der Waals surface area contributed by atoms with E-state index in [1.807, 2.05) is 53.1 Å². The molecule has 0 atom stereocenters. The normalized spacial score (nSPS) is 10.6. The maximum Gasteiger partial charge on any atom is 0.341 e.